The summed E-state index contributed by atoms with van der Waals surface area (Å²) in [5.74, 6) is 1.24. The lowest BCUT2D eigenvalue weighted by Gasteiger charge is -2.23. The van der Waals surface area contributed by atoms with E-state index < -0.39 is 0 Å². The smallest absolute Gasteiger partial charge is 0.223 e. The first-order chi connectivity index (χ1) is 12.5. The van der Waals surface area contributed by atoms with E-state index in [-0.39, 0.29) is 5.91 Å². The Kier molecular flexibility index (Phi) is 5.84. The summed E-state index contributed by atoms with van der Waals surface area (Å²) in [7, 11) is 0. The molecule has 5 heteroatoms. The van der Waals surface area contributed by atoms with Gasteiger partial charge < -0.3 is 15.1 Å². The molecule has 1 N–H and O–H groups in total. The highest BCUT2D eigenvalue weighted by molar-refractivity contribution is 5.80. The first kappa shape index (κ1) is 18.7. The second-order valence-electron chi connectivity index (χ2n) is 8.19. The topological polar surface area (TPSA) is 47.9 Å². The van der Waals surface area contributed by atoms with Gasteiger partial charge in [0.25, 0.3) is 0 Å². The molecular formula is C21H32N4O. The molecule has 3 rings (SSSR count). The molecule has 1 aromatic rings. The molecule has 1 fully saturated rings. The van der Waals surface area contributed by atoms with Gasteiger partial charge in [-0.05, 0) is 36.3 Å². The van der Waals surface area contributed by atoms with Gasteiger partial charge in [0.15, 0.2) is 5.96 Å². The van der Waals surface area contributed by atoms with Crippen LogP contribution in [-0.2, 0) is 17.9 Å². The average Bonchev–Trinajstić information content (AvgIpc) is 3.20. The van der Waals surface area contributed by atoms with Crippen molar-refractivity contribution >= 4 is 11.9 Å². The molecule has 1 amide bonds. The molecule has 2 aliphatic heterocycles. The third-order valence-electron chi connectivity index (χ3n) is 5.32. The Hall–Kier alpha value is -2.04. The number of nitrogens with one attached hydrogen (secondary N) is 1. The zero-order valence-electron chi connectivity index (χ0n) is 16.4. The largest absolute Gasteiger partial charge is 0.357 e. The minimum atomic E-state index is 0.240. The maximum absolute atomic E-state index is 12.5. The molecule has 0 atom stereocenters. The fraction of sp³-hybridized carbons (Fsp3) is 0.619. The van der Waals surface area contributed by atoms with Crippen LogP contribution in [0.5, 0.6) is 0 Å². The van der Waals surface area contributed by atoms with Crippen molar-refractivity contribution in [3.63, 3.8) is 0 Å². The number of hydrogen-bond donors (Lipinski definition) is 1. The molecule has 2 aliphatic rings. The molecule has 26 heavy (non-hydrogen) atoms. The Morgan fingerprint density at radius 2 is 1.88 bits per heavy atom. The predicted molar refractivity (Wildman–Crippen MR) is 106 cm³/mol. The van der Waals surface area contributed by atoms with Crippen LogP contribution in [0.3, 0.4) is 0 Å². The molecule has 1 aromatic carbocycles. The van der Waals surface area contributed by atoms with E-state index >= 15 is 0 Å². The molecule has 0 radical (unpaired) electrons. The van der Waals surface area contributed by atoms with Gasteiger partial charge in [-0.25, -0.2) is 0 Å². The van der Waals surface area contributed by atoms with E-state index in [4.69, 9.17) is 4.99 Å². The second kappa shape index (κ2) is 8.11. The Morgan fingerprint density at radius 3 is 2.46 bits per heavy atom. The minimum Gasteiger partial charge on any atom is -0.357 e. The third-order valence-corrected chi connectivity index (χ3v) is 5.32. The average molecular weight is 357 g/mol. The number of hydrogen-bond acceptors (Lipinski definition) is 2. The number of benzene rings is 1. The van der Waals surface area contributed by atoms with Crippen LogP contribution in [0.25, 0.3) is 0 Å². The summed E-state index contributed by atoms with van der Waals surface area (Å²) < 4.78 is 0. The summed E-state index contributed by atoms with van der Waals surface area (Å²) in [6.45, 7) is 11.9. The van der Waals surface area contributed by atoms with Gasteiger partial charge in [0.2, 0.25) is 5.91 Å². The Balaban J connectivity index is 1.46. The molecular weight excluding hydrogens is 324 g/mol. The lowest BCUT2D eigenvalue weighted by atomic mass is 9.93. The summed E-state index contributed by atoms with van der Waals surface area (Å²) in [6, 6.07) is 8.33. The first-order valence-corrected chi connectivity index (χ1v) is 9.86. The highest BCUT2D eigenvalue weighted by atomic mass is 16.2. The highest BCUT2D eigenvalue weighted by Gasteiger charge is 2.30. The minimum absolute atomic E-state index is 0.240. The number of aliphatic imine (C=N–C) groups is 1. The number of fused-ring (bicyclic) bond motifs is 1. The van der Waals surface area contributed by atoms with Gasteiger partial charge in [-0.15, -0.1) is 0 Å². The van der Waals surface area contributed by atoms with E-state index in [1.807, 2.05) is 17.0 Å². The lowest BCUT2D eigenvalue weighted by Crippen LogP contribution is -2.40. The van der Waals surface area contributed by atoms with Gasteiger partial charge in [-0.3, -0.25) is 9.79 Å². The van der Waals surface area contributed by atoms with Gasteiger partial charge in [0.05, 0.1) is 0 Å². The summed E-state index contributed by atoms with van der Waals surface area (Å²) >= 11 is 0. The van der Waals surface area contributed by atoms with Crippen molar-refractivity contribution < 1.29 is 4.79 Å². The molecule has 2 heterocycles. The lowest BCUT2D eigenvalue weighted by molar-refractivity contribution is -0.131. The maximum Gasteiger partial charge on any atom is 0.223 e. The number of nitrogens with zero attached hydrogens (tertiary/aromatic N) is 3. The SMILES string of the molecule is CCNC(=NCCCC(=O)N1Cc2ccccc2C1)N1CCC(C)(C)C1. The molecule has 0 saturated carbocycles. The number of amides is 1. The predicted octanol–water partition coefficient (Wildman–Crippen LogP) is 3.01. The van der Waals surface area contributed by atoms with E-state index in [0.717, 1.165) is 45.1 Å². The van der Waals surface area contributed by atoms with Crippen LogP contribution in [0.15, 0.2) is 29.3 Å². The molecule has 0 bridgehead atoms. The van der Waals surface area contributed by atoms with E-state index in [2.05, 4.69) is 43.1 Å². The number of rotatable bonds is 5. The summed E-state index contributed by atoms with van der Waals surface area (Å²) in [5.41, 5.74) is 2.92. The first-order valence-electron chi connectivity index (χ1n) is 9.86. The Labute approximate surface area is 157 Å². The van der Waals surface area contributed by atoms with Crippen molar-refractivity contribution in [1.82, 2.24) is 15.1 Å². The van der Waals surface area contributed by atoms with Crippen LogP contribution < -0.4 is 5.32 Å². The van der Waals surface area contributed by atoms with Crippen LogP contribution in [-0.4, -0.2) is 47.8 Å². The van der Waals surface area contributed by atoms with E-state index in [1.165, 1.54) is 17.5 Å². The van der Waals surface area contributed by atoms with Crippen LogP contribution in [0.4, 0.5) is 0 Å². The van der Waals surface area contributed by atoms with Crippen LogP contribution in [0.2, 0.25) is 0 Å². The van der Waals surface area contributed by atoms with Gasteiger partial charge in [-0.2, -0.15) is 0 Å². The monoisotopic (exact) mass is 356 g/mol. The van der Waals surface area contributed by atoms with Crippen molar-refractivity contribution in [2.24, 2.45) is 10.4 Å². The standard InChI is InChI=1S/C21H32N4O/c1-4-22-20(24-13-11-21(2,3)16-24)23-12-7-10-19(26)25-14-17-8-5-6-9-18(17)15-25/h5-6,8-9H,4,7,10-16H2,1-3H3,(H,22,23). The number of guanidine groups is 1. The molecule has 0 aromatic heterocycles. The van der Waals surface area contributed by atoms with Crippen molar-refractivity contribution in [3.8, 4) is 0 Å². The molecule has 0 aliphatic carbocycles. The highest BCUT2D eigenvalue weighted by Crippen LogP contribution is 2.28. The van der Waals surface area contributed by atoms with Crippen molar-refractivity contribution in [2.45, 2.75) is 53.1 Å². The molecule has 5 nitrogen and oxygen atoms in total. The number of carbonyl (C=O) groups is 1. The maximum atomic E-state index is 12.5. The van der Waals surface area contributed by atoms with E-state index in [1.54, 1.807) is 0 Å². The molecule has 0 spiro atoms. The normalized spacial score (nSPS) is 19.0. The van der Waals surface area contributed by atoms with Crippen molar-refractivity contribution in [1.29, 1.82) is 0 Å². The molecule has 142 valence electrons. The van der Waals surface area contributed by atoms with Gasteiger partial charge in [-0.1, -0.05) is 38.1 Å². The summed E-state index contributed by atoms with van der Waals surface area (Å²) in [5, 5.41) is 3.40. The quantitative estimate of drug-likeness (QED) is 0.501. The Bertz CT molecular complexity index is 643. The summed E-state index contributed by atoms with van der Waals surface area (Å²) in [4.78, 5) is 21.5. The third kappa shape index (κ3) is 4.57. The van der Waals surface area contributed by atoms with E-state index in [0.29, 0.717) is 18.4 Å². The van der Waals surface area contributed by atoms with Crippen LogP contribution in [0.1, 0.15) is 51.2 Å². The molecule has 0 unspecified atom stereocenters. The van der Waals surface area contributed by atoms with Gasteiger partial charge >= 0.3 is 0 Å². The number of carbonyl (C=O) groups excluding carboxylic acids is 1. The summed E-state index contributed by atoms with van der Waals surface area (Å²) in [6.07, 6.45) is 2.58. The molecule has 1 saturated heterocycles. The zero-order chi connectivity index (χ0) is 18.6. The fourth-order valence-electron chi connectivity index (χ4n) is 3.80. The Morgan fingerprint density at radius 1 is 1.19 bits per heavy atom. The van der Waals surface area contributed by atoms with Crippen LogP contribution in [0, 0.1) is 5.41 Å². The van der Waals surface area contributed by atoms with Crippen LogP contribution >= 0.6 is 0 Å². The van der Waals surface area contributed by atoms with E-state index in [9.17, 15) is 4.79 Å². The van der Waals surface area contributed by atoms with Crippen molar-refractivity contribution in [3.05, 3.63) is 35.4 Å². The van der Waals surface area contributed by atoms with Gasteiger partial charge in [0, 0.05) is 45.7 Å². The van der Waals surface area contributed by atoms with Gasteiger partial charge in [0.1, 0.15) is 0 Å². The number of likely N-dealkylation sites (tertiary alicyclic amines) is 1. The van der Waals surface area contributed by atoms with Crippen molar-refractivity contribution in [2.75, 3.05) is 26.2 Å². The zero-order valence-corrected chi connectivity index (χ0v) is 16.4. The second-order valence-corrected chi connectivity index (χ2v) is 8.19. The fourth-order valence-corrected chi connectivity index (χ4v) is 3.80.